The van der Waals surface area contributed by atoms with E-state index in [4.69, 9.17) is 10.8 Å². The van der Waals surface area contributed by atoms with E-state index in [1.54, 1.807) is 19.1 Å². The molecule has 0 unspecified atom stereocenters. The van der Waals surface area contributed by atoms with Crippen LogP contribution in [0.15, 0.2) is 28.7 Å². The van der Waals surface area contributed by atoms with Gasteiger partial charge in [-0.1, -0.05) is 15.9 Å². The zero-order chi connectivity index (χ0) is 10.7. The molecule has 74 valence electrons. The molecule has 0 atom stereocenters. The van der Waals surface area contributed by atoms with Gasteiger partial charge in [0.05, 0.1) is 0 Å². The van der Waals surface area contributed by atoms with E-state index < -0.39 is 5.97 Å². The molecule has 1 aromatic carbocycles. The first kappa shape index (κ1) is 10.8. The van der Waals surface area contributed by atoms with Crippen molar-refractivity contribution in [3.8, 4) is 0 Å². The number of anilines is 1. The van der Waals surface area contributed by atoms with Crippen molar-refractivity contribution in [2.24, 2.45) is 0 Å². The molecule has 3 nitrogen and oxygen atoms in total. The average molecular weight is 256 g/mol. The molecule has 0 aliphatic carbocycles. The first-order chi connectivity index (χ1) is 6.50. The van der Waals surface area contributed by atoms with Crippen molar-refractivity contribution in [2.75, 3.05) is 5.73 Å². The average Bonchev–Trinajstić information content (AvgIpc) is 2.08. The molecule has 14 heavy (non-hydrogen) atoms. The van der Waals surface area contributed by atoms with Gasteiger partial charge in [-0.3, -0.25) is 0 Å². The Morgan fingerprint density at radius 3 is 2.79 bits per heavy atom. The van der Waals surface area contributed by atoms with Gasteiger partial charge in [0.25, 0.3) is 0 Å². The molecule has 0 saturated carbocycles. The van der Waals surface area contributed by atoms with Gasteiger partial charge in [-0.15, -0.1) is 0 Å². The Morgan fingerprint density at radius 1 is 1.57 bits per heavy atom. The van der Waals surface area contributed by atoms with Gasteiger partial charge in [0.2, 0.25) is 0 Å². The minimum atomic E-state index is -0.970. The van der Waals surface area contributed by atoms with E-state index in [1.165, 1.54) is 0 Å². The number of allylic oxidation sites excluding steroid dienone is 1. The van der Waals surface area contributed by atoms with Gasteiger partial charge in [0.15, 0.2) is 0 Å². The van der Waals surface area contributed by atoms with Gasteiger partial charge < -0.3 is 10.8 Å². The maximum atomic E-state index is 10.5. The van der Waals surface area contributed by atoms with Crippen molar-refractivity contribution < 1.29 is 9.90 Å². The Hall–Kier alpha value is -1.29. The van der Waals surface area contributed by atoms with E-state index in [9.17, 15) is 4.79 Å². The number of halogens is 1. The molecule has 4 heteroatoms. The van der Waals surface area contributed by atoms with Crippen LogP contribution in [0.5, 0.6) is 0 Å². The summed E-state index contributed by atoms with van der Waals surface area (Å²) in [6, 6.07) is 5.34. The van der Waals surface area contributed by atoms with Gasteiger partial charge in [-0.25, -0.2) is 4.79 Å². The molecule has 0 saturated heterocycles. The Labute approximate surface area is 90.4 Å². The summed E-state index contributed by atoms with van der Waals surface area (Å²) in [5.41, 5.74) is 7.66. The zero-order valence-corrected chi connectivity index (χ0v) is 9.21. The molecule has 0 fully saturated rings. The second kappa shape index (κ2) is 4.28. The predicted molar refractivity (Wildman–Crippen MR) is 59.8 cm³/mol. The Bertz CT molecular complexity index is 399. The van der Waals surface area contributed by atoms with Gasteiger partial charge in [-0.05, 0) is 30.7 Å². The van der Waals surface area contributed by atoms with Crippen LogP contribution in [0.4, 0.5) is 5.69 Å². The highest BCUT2D eigenvalue weighted by molar-refractivity contribution is 9.10. The maximum absolute atomic E-state index is 10.5. The highest BCUT2D eigenvalue weighted by atomic mass is 79.9. The first-order valence-electron chi connectivity index (χ1n) is 3.97. The summed E-state index contributed by atoms with van der Waals surface area (Å²) < 4.78 is 0.875. The molecule has 0 aromatic heterocycles. The highest BCUT2D eigenvalue weighted by Crippen LogP contribution is 2.24. The van der Waals surface area contributed by atoms with Crippen molar-refractivity contribution >= 4 is 33.2 Å². The standard InChI is InChI=1S/C10H10BrNO2/c1-6(4-10(13)14)8-5-7(11)2-3-9(8)12/h2-5H,12H2,1H3,(H,13,14)/b6-4-. The summed E-state index contributed by atoms with van der Waals surface area (Å²) in [6.07, 6.45) is 1.14. The molecular formula is C10H10BrNO2. The second-order valence-corrected chi connectivity index (χ2v) is 3.81. The summed E-state index contributed by atoms with van der Waals surface area (Å²) >= 11 is 3.30. The van der Waals surface area contributed by atoms with E-state index >= 15 is 0 Å². The van der Waals surface area contributed by atoms with Crippen LogP contribution in [0.2, 0.25) is 0 Å². The minimum Gasteiger partial charge on any atom is -0.478 e. The fourth-order valence-electron chi connectivity index (χ4n) is 1.13. The van der Waals surface area contributed by atoms with Gasteiger partial charge >= 0.3 is 5.97 Å². The van der Waals surface area contributed by atoms with Crippen LogP contribution in [0, 0.1) is 0 Å². The smallest absolute Gasteiger partial charge is 0.328 e. The van der Waals surface area contributed by atoms with Crippen molar-refractivity contribution in [1.82, 2.24) is 0 Å². The number of nitrogen functional groups attached to an aromatic ring is 1. The Balaban J connectivity index is 3.18. The quantitative estimate of drug-likeness (QED) is 0.631. The van der Waals surface area contributed by atoms with Gasteiger partial charge in [0, 0.05) is 21.8 Å². The molecule has 3 N–H and O–H groups in total. The monoisotopic (exact) mass is 255 g/mol. The van der Waals surface area contributed by atoms with E-state index in [0.717, 1.165) is 16.1 Å². The third-order valence-electron chi connectivity index (χ3n) is 1.78. The lowest BCUT2D eigenvalue weighted by Crippen LogP contribution is -1.95. The number of aliphatic carboxylic acids is 1. The summed E-state index contributed by atoms with van der Waals surface area (Å²) in [5, 5.41) is 8.58. The first-order valence-corrected chi connectivity index (χ1v) is 4.76. The van der Waals surface area contributed by atoms with Gasteiger partial charge in [-0.2, -0.15) is 0 Å². The molecule has 1 rings (SSSR count). The molecular weight excluding hydrogens is 246 g/mol. The van der Waals surface area contributed by atoms with Crippen LogP contribution in [-0.4, -0.2) is 11.1 Å². The largest absolute Gasteiger partial charge is 0.478 e. The highest BCUT2D eigenvalue weighted by Gasteiger charge is 2.03. The number of benzene rings is 1. The topological polar surface area (TPSA) is 63.3 Å². The normalized spacial score (nSPS) is 11.4. The molecule has 0 bridgehead atoms. The van der Waals surface area contributed by atoms with E-state index in [1.807, 2.05) is 6.07 Å². The fraction of sp³-hybridized carbons (Fsp3) is 0.100. The van der Waals surface area contributed by atoms with E-state index in [0.29, 0.717) is 11.3 Å². The second-order valence-electron chi connectivity index (χ2n) is 2.90. The number of carboxylic acids is 1. The summed E-state index contributed by atoms with van der Waals surface area (Å²) in [6.45, 7) is 1.71. The van der Waals surface area contributed by atoms with Crippen molar-refractivity contribution in [3.63, 3.8) is 0 Å². The number of carboxylic acid groups (broad SMARTS) is 1. The van der Waals surface area contributed by atoms with E-state index in [2.05, 4.69) is 15.9 Å². The molecule has 1 aromatic rings. The number of hydrogen-bond donors (Lipinski definition) is 2. The number of rotatable bonds is 2. The van der Waals surface area contributed by atoms with Crippen LogP contribution in [0.3, 0.4) is 0 Å². The molecule has 0 aliphatic heterocycles. The fourth-order valence-corrected chi connectivity index (χ4v) is 1.49. The van der Waals surface area contributed by atoms with Crippen LogP contribution in [-0.2, 0) is 4.79 Å². The SMILES string of the molecule is C/C(=C/C(=O)O)c1cc(Br)ccc1N. The molecule has 0 radical (unpaired) electrons. The number of hydrogen-bond acceptors (Lipinski definition) is 2. The minimum absolute atomic E-state index is 0.572. The Morgan fingerprint density at radius 2 is 2.21 bits per heavy atom. The Kier molecular flexibility index (Phi) is 3.30. The van der Waals surface area contributed by atoms with Crippen molar-refractivity contribution in [1.29, 1.82) is 0 Å². The zero-order valence-electron chi connectivity index (χ0n) is 7.62. The number of nitrogens with two attached hydrogens (primary N) is 1. The lowest BCUT2D eigenvalue weighted by Gasteiger charge is -2.05. The number of carbonyl (C=O) groups is 1. The maximum Gasteiger partial charge on any atom is 0.328 e. The molecule has 0 amide bonds. The predicted octanol–water partition coefficient (Wildman–Crippen LogP) is 2.52. The molecule has 0 heterocycles. The summed E-state index contributed by atoms with van der Waals surface area (Å²) in [7, 11) is 0. The van der Waals surface area contributed by atoms with Crippen LogP contribution < -0.4 is 5.73 Å². The summed E-state index contributed by atoms with van der Waals surface area (Å²) in [5.74, 6) is -0.970. The van der Waals surface area contributed by atoms with Crippen LogP contribution >= 0.6 is 15.9 Å². The lowest BCUT2D eigenvalue weighted by molar-refractivity contribution is -0.131. The molecule has 0 spiro atoms. The van der Waals surface area contributed by atoms with Gasteiger partial charge in [0.1, 0.15) is 0 Å². The lowest BCUT2D eigenvalue weighted by atomic mass is 10.1. The van der Waals surface area contributed by atoms with Crippen molar-refractivity contribution in [3.05, 3.63) is 34.3 Å². The molecule has 0 aliphatic rings. The van der Waals surface area contributed by atoms with Crippen LogP contribution in [0.25, 0.3) is 5.57 Å². The van der Waals surface area contributed by atoms with Crippen LogP contribution in [0.1, 0.15) is 12.5 Å². The third-order valence-corrected chi connectivity index (χ3v) is 2.27. The van der Waals surface area contributed by atoms with Crippen molar-refractivity contribution in [2.45, 2.75) is 6.92 Å². The van der Waals surface area contributed by atoms with E-state index in [-0.39, 0.29) is 0 Å². The summed E-state index contributed by atoms with van der Waals surface area (Å²) in [4.78, 5) is 10.5. The third kappa shape index (κ3) is 2.60.